The van der Waals surface area contributed by atoms with Gasteiger partial charge in [0.1, 0.15) is 47.7 Å². The van der Waals surface area contributed by atoms with E-state index in [0.29, 0.717) is 58.7 Å². The molecule has 1 aliphatic rings. The molecule has 2 heterocycles. The minimum atomic E-state index is -1.82. The van der Waals surface area contributed by atoms with E-state index < -0.39 is 127 Å². The zero-order valence-corrected chi connectivity index (χ0v) is 53.0. The van der Waals surface area contributed by atoms with Gasteiger partial charge in [0.2, 0.25) is 52.9 Å². The van der Waals surface area contributed by atoms with Gasteiger partial charge in [-0.05, 0) is 116 Å². The van der Waals surface area contributed by atoms with Crippen LogP contribution in [0, 0.1) is 11.8 Å². The van der Waals surface area contributed by atoms with Crippen molar-refractivity contribution in [3.63, 3.8) is 0 Å². The number of H-pyrrole nitrogens is 1. The number of hydrogen-bond donors (Lipinski definition) is 14. The van der Waals surface area contributed by atoms with Gasteiger partial charge in [-0.2, -0.15) is 0 Å². The molecule has 7 amide bonds. The van der Waals surface area contributed by atoms with E-state index in [9.17, 15) is 78.3 Å². The average molecular weight is 1300 g/mol. The van der Waals surface area contributed by atoms with E-state index in [1.54, 1.807) is 55.3 Å². The van der Waals surface area contributed by atoms with Crippen LogP contribution in [0.3, 0.4) is 0 Å². The second-order valence-electron chi connectivity index (χ2n) is 24.1. The Balaban J connectivity index is 1.38. The number of hydrazine groups is 1. The number of phenols is 3. The third kappa shape index (κ3) is 23.5. The standard InChI is InChI=1S/C67H87N11O16/c1-40(2)30-55-62(88)61(87)54(32-43-15-21-49(83)22-16-43)73-64(90)53(25-26-59(68)85)72-66(92)58(39-80)75-65(91)56(34-46-36-70-52-12-5-4-11-51(46)52)74-63(89)45(35-69-47(38-79)31-42-13-19-48(82)20-14-42)10-6-7-27-77(41(3)81)28-8-9-29-78(76-55)37-60(86)71-57(67(93)94)33-44-17-23-50(84)24-18-44/h4-5,11-24,36,38,40,45,47,53-58,69-70,76,80,82-84H,6-10,25-35,37,39H2,1-3H3,(H2,68,85)(H,71,86)(H,72,92)(H,73,90)(H,74,89)(H,75,91)(H,93,94)/t45-,47+,53+,54?,55+,56+,57+,58?/m1/s1. The number of aliphatic hydroxyl groups is 1. The molecule has 4 aromatic carbocycles. The number of phenolic OH excluding ortho intramolecular Hbond substituents is 3. The number of amides is 7. The summed E-state index contributed by atoms with van der Waals surface area (Å²) in [7, 11) is 0. The van der Waals surface area contributed by atoms with Crippen molar-refractivity contribution in [1.82, 2.24) is 52.2 Å². The minimum Gasteiger partial charge on any atom is -0.508 e. The number of primary amides is 1. The molecule has 6 rings (SSSR count). The van der Waals surface area contributed by atoms with E-state index >= 15 is 0 Å². The quantitative estimate of drug-likeness (QED) is 0.0343. The number of nitrogens with two attached hydrogens (primary N) is 1. The van der Waals surface area contributed by atoms with E-state index in [1.807, 2.05) is 6.07 Å². The Hall–Kier alpha value is -9.57. The largest absolute Gasteiger partial charge is 0.508 e. The molecular weight excluding hydrogens is 1210 g/mol. The van der Waals surface area contributed by atoms with Crippen LogP contribution in [-0.4, -0.2) is 187 Å². The van der Waals surface area contributed by atoms with E-state index in [2.05, 4.69) is 42.3 Å². The summed E-state index contributed by atoms with van der Waals surface area (Å²) in [6.45, 7) is 3.66. The van der Waals surface area contributed by atoms with E-state index in [1.165, 1.54) is 72.6 Å². The van der Waals surface area contributed by atoms with Crippen LogP contribution in [0.25, 0.3) is 10.9 Å². The number of para-hydroxylation sites is 1. The molecule has 8 atom stereocenters. The predicted molar refractivity (Wildman–Crippen MR) is 345 cm³/mol. The number of ketones is 2. The number of aliphatic hydroxyl groups excluding tert-OH is 1. The summed E-state index contributed by atoms with van der Waals surface area (Å²) in [5.74, 6) is -10.8. The molecule has 1 fully saturated rings. The lowest BCUT2D eigenvalue weighted by molar-refractivity contribution is -0.142. The minimum absolute atomic E-state index is 0.00827. The lowest BCUT2D eigenvalue weighted by Gasteiger charge is -2.30. The molecule has 1 saturated heterocycles. The van der Waals surface area contributed by atoms with Crippen molar-refractivity contribution in [3.05, 3.63) is 126 Å². The molecule has 0 radical (unpaired) electrons. The van der Waals surface area contributed by atoms with Crippen molar-refractivity contribution in [2.45, 2.75) is 140 Å². The maximum Gasteiger partial charge on any atom is 0.326 e. The van der Waals surface area contributed by atoms with E-state index in [0.717, 1.165) is 0 Å². The molecule has 0 bridgehead atoms. The van der Waals surface area contributed by atoms with Crippen molar-refractivity contribution in [1.29, 1.82) is 0 Å². The topological polar surface area (TPSA) is 421 Å². The van der Waals surface area contributed by atoms with Crippen LogP contribution >= 0.6 is 0 Å². The molecule has 1 aliphatic heterocycles. The number of aromatic hydroxyl groups is 3. The highest BCUT2D eigenvalue weighted by molar-refractivity contribution is 6.41. The predicted octanol–water partition coefficient (Wildman–Crippen LogP) is 1.27. The van der Waals surface area contributed by atoms with Crippen LogP contribution in [0.5, 0.6) is 17.2 Å². The molecule has 0 spiro atoms. The van der Waals surface area contributed by atoms with Gasteiger partial charge in [-0.3, -0.25) is 43.2 Å². The van der Waals surface area contributed by atoms with Crippen LogP contribution in [0.1, 0.15) is 94.4 Å². The monoisotopic (exact) mass is 1300 g/mol. The number of aromatic nitrogens is 1. The summed E-state index contributed by atoms with van der Waals surface area (Å²) < 4.78 is 0. The third-order valence-electron chi connectivity index (χ3n) is 16.2. The first-order valence-electron chi connectivity index (χ1n) is 31.4. The molecule has 506 valence electrons. The molecule has 15 N–H and O–H groups in total. The number of aliphatic carboxylic acids is 1. The van der Waals surface area contributed by atoms with Crippen molar-refractivity contribution in [3.8, 4) is 17.2 Å². The number of aldehydes is 1. The van der Waals surface area contributed by atoms with Crippen molar-refractivity contribution < 1.29 is 78.3 Å². The van der Waals surface area contributed by atoms with Gasteiger partial charge in [0, 0.05) is 75.9 Å². The van der Waals surface area contributed by atoms with Crippen molar-refractivity contribution in [2.24, 2.45) is 17.6 Å². The fourth-order valence-corrected chi connectivity index (χ4v) is 11.0. The number of aromatic amines is 1. The van der Waals surface area contributed by atoms with Crippen LogP contribution in [0.2, 0.25) is 0 Å². The normalized spacial score (nSPS) is 20.6. The zero-order chi connectivity index (χ0) is 68.4. The van der Waals surface area contributed by atoms with Gasteiger partial charge >= 0.3 is 5.97 Å². The number of nitrogens with one attached hydrogen (secondary N) is 8. The van der Waals surface area contributed by atoms with Crippen molar-refractivity contribution >= 4 is 76.1 Å². The summed E-state index contributed by atoms with van der Waals surface area (Å²) >= 11 is 0. The van der Waals surface area contributed by atoms with Gasteiger partial charge in [-0.1, -0.05) is 74.9 Å². The van der Waals surface area contributed by atoms with E-state index in [4.69, 9.17) is 5.73 Å². The molecule has 27 nitrogen and oxygen atoms in total. The molecule has 0 saturated carbocycles. The summed E-state index contributed by atoms with van der Waals surface area (Å²) in [6, 6.07) is 14.3. The smallest absolute Gasteiger partial charge is 0.326 e. The Morgan fingerprint density at radius 2 is 1.20 bits per heavy atom. The molecule has 2 unspecified atom stereocenters. The number of benzene rings is 4. The van der Waals surface area contributed by atoms with Crippen LogP contribution in [0.15, 0.2) is 103 Å². The maximum absolute atomic E-state index is 14.9. The Bertz CT molecular complexity index is 3400. The van der Waals surface area contributed by atoms with Gasteiger partial charge in [0.15, 0.2) is 0 Å². The van der Waals surface area contributed by atoms with Gasteiger partial charge in [-0.15, -0.1) is 0 Å². The number of nitrogens with zero attached hydrogens (tertiary/aromatic N) is 2. The summed E-state index contributed by atoms with van der Waals surface area (Å²) in [6.07, 6.45) is 2.30. The van der Waals surface area contributed by atoms with Gasteiger partial charge in [0.05, 0.1) is 37.2 Å². The molecule has 94 heavy (non-hydrogen) atoms. The second-order valence-corrected chi connectivity index (χ2v) is 24.1. The fourth-order valence-electron chi connectivity index (χ4n) is 11.0. The number of carbonyl (C=O) groups excluding carboxylic acids is 10. The zero-order valence-electron chi connectivity index (χ0n) is 53.0. The van der Waals surface area contributed by atoms with Gasteiger partial charge in [-0.25, -0.2) is 15.2 Å². The Kier molecular flexibility index (Phi) is 28.6. The van der Waals surface area contributed by atoms with Crippen LogP contribution < -0.4 is 43.1 Å². The number of carboxylic acids is 1. The highest BCUT2D eigenvalue weighted by atomic mass is 16.4. The Labute approximate surface area is 544 Å². The van der Waals surface area contributed by atoms with E-state index in [-0.39, 0.29) is 100 Å². The Morgan fingerprint density at radius 1 is 0.660 bits per heavy atom. The first kappa shape index (κ1) is 73.5. The fraction of sp³-hybridized carbons (Fsp3) is 0.448. The van der Waals surface area contributed by atoms with Gasteiger partial charge < -0.3 is 77.8 Å². The average Bonchev–Trinajstić information content (AvgIpc) is 1.57. The number of carboxylic acid groups (broad SMARTS) is 1. The first-order valence-corrected chi connectivity index (χ1v) is 31.4. The van der Waals surface area contributed by atoms with Crippen molar-refractivity contribution in [2.75, 3.05) is 39.3 Å². The molecule has 5 aromatic rings. The number of hydrogen-bond acceptors (Lipinski definition) is 18. The number of carbonyl (C=O) groups is 11. The summed E-state index contributed by atoms with van der Waals surface area (Å²) in [5, 5.41) is 69.0. The highest BCUT2D eigenvalue weighted by Gasteiger charge is 2.37. The molecule has 0 aliphatic carbocycles. The number of rotatable bonds is 22. The lowest BCUT2D eigenvalue weighted by atomic mass is 9.92. The molecular formula is C67H87N11O16. The SMILES string of the molecule is CC(=O)N1CCCC[C@H](CN[C@H](C=O)Cc2ccc(O)cc2)C(=O)N[C@@H](Cc2c[nH]c3ccccc23)C(=O)NC(CO)C(=O)N[C@@H](CCC(N)=O)C(=O)NC(Cc2ccc(O)cc2)C(=O)C(=O)[C@H](CC(C)C)NN(CC(=O)N[C@@H](Cc2ccc(O)cc2)C(=O)O)CCCC1. The lowest BCUT2D eigenvalue weighted by Crippen LogP contribution is -2.60. The molecule has 1 aromatic heterocycles. The van der Waals surface area contributed by atoms with Crippen LogP contribution in [-0.2, 0) is 78.4 Å². The summed E-state index contributed by atoms with van der Waals surface area (Å²) in [4.78, 5) is 158. The maximum atomic E-state index is 14.9. The number of Topliss-reactive ketones (excluding diaryl/α,β-unsaturated/α-hetero) is 2. The number of fused-ring (bicyclic) bond motifs is 1. The summed E-state index contributed by atoms with van der Waals surface area (Å²) in [5.41, 5.74) is 11.4. The van der Waals surface area contributed by atoms with Crippen LogP contribution in [0.4, 0.5) is 0 Å². The second kappa shape index (κ2) is 36.6. The first-order chi connectivity index (χ1) is 44.9. The third-order valence-corrected chi connectivity index (χ3v) is 16.2. The Morgan fingerprint density at radius 3 is 1.80 bits per heavy atom. The highest BCUT2D eigenvalue weighted by Crippen LogP contribution is 2.22. The molecule has 27 heteroatoms. The van der Waals surface area contributed by atoms with Gasteiger partial charge in [0.25, 0.3) is 0 Å².